The second-order valence-electron chi connectivity index (χ2n) is 2.55. The lowest BCUT2D eigenvalue weighted by Crippen LogP contribution is -2.32. The summed E-state index contributed by atoms with van der Waals surface area (Å²) < 4.78 is 7.44. The molecule has 0 saturated carbocycles. The van der Waals surface area contributed by atoms with Crippen molar-refractivity contribution in [2.24, 2.45) is 7.05 Å². The number of aryl methyl sites for hydroxylation is 1. The second kappa shape index (κ2) is 3.53. The maximum Gasteiger partial charge on any atom is 0.283 e. The zero-order valence-electron chi connectivity index (χ0n) is 7.29. The van der Waals surface area contributed by atoms with Crippen molar-refractivity contribution in [2.45, 2.75) is 20.0 Å². The van der Waals surface area contributed by atoms with Crippen molar-refractivity contribution in [1.29, 1.82) is 0 Å². The quantitative estimate of drug-likeness (QED) is 0.646. The summed E-state index contributed by atoms with van der Waals surface area (Å²) in [5.74, 6) is 1.10. The summed E-state index contributed by atoms with van der Waals surface area (Å²) in [7, 11) is 2.00. The molecule has 3 nitrogen and oxygen atoms in total. The first-order chi connectivity index (χ1) is 5.25. The van der Waals surface area contributed by atoms with Gasteiger partial charge in [0.2, 0.25) is 0 Å². The molecule has 1 N–H and O–H groups in total. The zero-order valence-corrected chi connectivity index (χ0v) is 7.29. The van der Waals surface area contributed by atoms with Crippen LogP contribution < -0.4 is 4.57 Å². The fraction of sp³-hybridized carbons (Fsp3) is 0.625. The number of hydrogen-bond donors (Lipinski definition) is 1. The highest BCUT2D eigenvalue weighted by atomic mass is 16.5. The molecule has 0 aliphatic rings. The monoisotopic (exact) mass is 155 g/mol. The van der Waals surface area contributed by atoms with Gasteiger partial charge in [-0.15, -0.1) is 0 Å². The van der Waals surface area contributed by atoms with Crippen LogP contribution in [0.5, 0.6) is 0 Å². The fourth-order valence-corrected chi connectivity index (χ4v) is 1.15. The van der Waals surface area contributed by atoms with Crippen LogP contribution in [0, 0.1) is 0 Å². The first-order valence-electron chi connectivity index (χ1n) is 3.90. The van der Waals surface area contributed by atoms with Gasteiger partial charge in [0.05, 0.1) is 7.05 Å². The molecule has 0 aliphatic heterocycles. The van der Waals surface area contributed by atoms with E-state index in [9.17, 15) is 0 Å². The zero-order chi connectivity index (χ0) is 8.27. The first kappa shape index (κ1) is 8.27. The molecule has 0 bridgehead atoms. The van der Waals surface area contributed by atoms with E-state index in [2.05, 4.69) is 4.98 Å². The number of nitrogens with zero attached hydrogens (tertiary/aromatic N) is 1. The summed E-state index contributed by atoms with van der Waals surface area (Å²) in [5.41, 5.74) is 0. The molecule has 0 spiro atoms. The van der Waals surface area contributed by atoms with E-state index in [0.717, 1.165) is 12.4 Å². The predicted molar refractivity (Wildman–Crippen MR) is 42.0 cm³/mol. The Bertz CT molecular complexity index is 220. The van der Waals surface area contributed by atoms with Gasteiger partial charge >= 0.3 is 0 Å². The molecule has 11 heavy (non-hydrogen) atoms. The van der Waals surface area contributed by atoms with E-state index >= 15 is 0 Å². The highest BCUT2D eigenvalue weighted by molar-refractivity contribution is 4.81. The Morgan fingerprint density at radius 2 is 2.45 bits per heavy atom. The molecule has 1 heterocycles. The van der Waals surface area contributed by atoms with Crippen molar-refractivity contribution >= 4 is 0 Å². The average Bonchev–Trinajstić information content (AvgIpc) is 2.36. The fourth-order valence-electron chi connectivity index (χ4n) is 1.15. The van der Waals surface area contributed by atoms with Crippen LogP contribution in [-0.2, 0) is 11.8 Å². The van der Waals surface area contributed by atoms with Gasteiger partial charge in [-0.05, 0) is 13.8 Å². The van der Waals surface area contributed by atoms with Gasteiger partial charge in [-0.25, -0.2) is 9.55 Å². The van der Waals surface area contributed by atoms with Gasteiger partial charge in [0.25, 0.3) is 5.82 Å². The van der Waals surface area contributed by atoms with Crippen LogP contribution in [0.15, 0.2) is 12.4 Å². The summed E-state index contributed by atoms with van der Waals surface area (Å²) in [4.78, 5) is 3.13. The van der Waals surface area contributed by atoms with Crippen molar-refractivity contribution in [3.8, 4) is 0 Å². The molecule has 0 fully saturated rings. The average molecular weight is 155 g/mol. The van der Waals surface area contributed by atoms with Crippen molar-refractivity contribution in [2.75, 3.05) is 6.61 Å². The lowest BCUT2D eigenvalue weighted by Gasteiger charge is -2.05. The molecular formula is C8H15N2O+. The number of aromatic nitrogens is 2. The largest absolute Gasteiger partial charge is 0.366 e. The van der Waals surface area contributed by atoms with E-state index in [0.29, 0.717) is 0 Å². The maximum atomic E-state index is 5.41. The van der Waals surface area contributed by atoms with Gasteiger partial charge in [-0.3, -0.25) is 0 Å². The normalized spacial score (nSPS) is 13.4. The van der Waals surface area contributed by atoms with Crippen LogP contribution in [0.4, 0.5) is 0 Å². The van der Waals surface area contributed by atoms with Crippen molar-refractivity contribution in [3.63, 3.8) is 0 Å². The standard InChI is InChI=1S/C8H14N2O/c1-4-11-7(2)8-9-5-6-10(8)3/h5-7H,4H2,1-3H3/p+1. The molecule has 0 aliphatic carbocycles. The van der Waals surface area contributed by atoms with Crippen LogP contribution in [0.25, 0.3) is 0 Å². The number of hydrogen-bond acceptors (Lipinski definition) is 1. The topological polar surface area (TPSA) is 28.9 Å². The number of nitrogens with one attached hydrogen (secondary N) is 1. The second-order valence-corrected chi connectivity index (χ2v) is 2.55. The molecular weight excluding hydrogens is 140 g/mol. The van der Waals surface area contributed by atoms with Gasteiger partial charge in [-0.2, -0.15) is 0 Å². The van der Waals surface area contributed by atoms with E-state index in [1.807, 2.05) is 37.9 Å². The number of rotatable bonds is 3. The van der Waals surface area contributed by atoms with Crippen LogP contribution in [0.1, 0.15) is 25.8 Å². The number of imidazole rings is 1. The van der Waals surface area contributed by atoms with Gasteiger partial charge in [0.1, 0.15) is 12.4 Å². The molecule has 1 unspecified atom stereocenters. The number of H-pyrrole nitrogens is 1. The van der Waals surface area contributed by atoms with E-state index in [1.54, 1.807) is 0 Å². The molecule has 1 aromatic rings. The molecule has 62 valence electrons. The molecule has 3 heteroatoms. The number of ether oxygens (including phenoxy) is 1. The minimum Gasteiger partial charge on any atom is -0.366 e. The van der Waals surface area contributed by atoms with Crippen LogP contribution in [0.3, 0.4) is 0 Å². The van der Waals surface area contributed by atoms with Crippen molar-refractivity contribution in [3.05, 3.63) is 18.2 Å². The van der Waals surface area contributed by atoms with Gasteiger partial charge in [0.15, 0.2) is 6.10 Å². The van der Waals surface area contributed by atoms with Crippen LogP contribution in [-0.4, -0.2) is 11.6 Å². The third kappa shape index (κ3) is 1.80. The van der Waals surface area contributed by atoms with E-state index in [1.165, 1.54) is 0 Å². The lowest BCUT2D eigenvalue weighted by atomic mass is 10.4. The summed E-state index contributed by atoms with van der Waals surface area (Å²) >= 11 is 0. The Morgan fingerprint density at radius 1 is 1.73 bits per heavy atom. The van der Waals surface area contributed by atoms with Gasteiger partial charge < -0.3 is 4.74 Å². The maximum absolute atomic E-state index is 5.41. The molecule has 1 aromatic heterocycles. The molecule has 1 rings (SSSR count). The molecule has 1 atom stereocenters. The SMILES string of the molecule is CCOC(C)c1[nH]cc[n+]1C. The lowest BCUT2D eigenvalue weighted by molar-refractivity contribution is -0.681. The smallest absolute Gasteiger partial charge is 0.283 e. The Hall–Kier alpha value is -0.830. The highest BCUT2D eigenvalue weighted by Gasteiger charge is 2.15. The summed E-state index contributed by atoms with van der Waals surface area (Å²) in [5, 5.41) is 0. The Labute approximate surface area is 67.0 Å². The van der Waals surface area contributed by atoms with Gasteiger partial charge in [0, 0.05) is 6.61 Å². The van der Waals surface area contributed by atoms with E-state index in [4.69, 9.17) is 4.74 Å². The third-order valence-corrected chi connectivity index (χ3v) is 1.71. The minimum absolute atomic E-state index is 0.153. The van der Waals surface area contributed by atoms with E-state index in [-0.39, 0.29) is 6.10 Å². The Morgan fingerprint density at radius 3 is 2.91 bits per heavy atom. The van der Waals surface area contributed by atoms with Gasteiger partial charge in [-0.1, -0.05) is 0 Å². The summed E-state index contributed by atoms with van der Waals surface area (Å²) in [6.45, 7) is 4.79. The van der Waals surface area contributed by atoms with Crippen LogP contribution in [0.2, 0.25) is 0 Å². The molecule has 0 amide bonds. The first-order valence-corrected chi connectivity index (χ1v) is 3.90. The third-order valence-electron chi connectivity index (χ3n) is 1.71. The Kier molecular flexibility index (Phi) is 2.65. The van der Waals surface area contributed by atoms with Crippen molar-refractivity contribution in [1.82, 2.24) is 4.98 Å². The summed E-state index contributed by atoms with van der Waals surface area (Å²) in [6.07, 6.45) is 4.04. The molecule has 0 aromatic carbocycles. The molecule has 0 saturated heterocycles. The molecule has 0 radical (unpaired) electrons. The Balaban J connectivity index is 2.67. The number of aromatic amines is 1. The summed E-state index contributed by atoms with van der Waals surface area (Å²) in [6, 6.07) is 0. The van der Waals surface area contributed by atoms with E-state index < -0.39 is 0 Å². The predicted octanol–water partition coefficient (Wildman–Crippen LogP) is 0.937. The van der Waals surface area contributed by atoms with Crippen molar-refractivity contribution < 1.29 is 9.30 Å². The van der Waals surface area contributed by atoms with Crippen LogP contribution >= 0.6 is 0 Å². The highest BCUT2D eigenvalue weighted by Crippen LogP contribution is 2.08. The minimum atomic E-state index is 0.153.